The van der Waals surface area contributed by atoms with Crippen LogP contribution in [0.2, 0.25) is 0 Å². The molecular weight excluding hydrogens is 132 g/mol. The van der Waals surface area contributed by atoms with Crippen LogP contribution in [0.25, 0.3) is 10.4 Å². The smallest absolute Gasteiger partial charge is 0.216 e. The second-order valence-corrected chi connectivity index (χ2v) is 1.99. The molecular formula is C5H10N4O. The molecule has 0 aliphatic rings. The van der Waals surface area contributed by atoms with Gasteiger partial charge in [-0.3, -0.25) is 4.79 Å². The van der Waals surface area contributed by atoms with E-state index < -0.39 is 0 Å². The van der Waals surface area contributed by atoms with Gasteiger partial charge < -0.3 is 5.32 Å². The molecule has 0 aromatic carbocycles. The number of hydrogen-bond acceptors (Lipinski definition) is 2. The van der Waals surface area contributed by atoms with Crippen molar-refractivity contribution in [1.82, 2.24) is 5.32 Å². The lowest BCUT2D eigenvalue weighted by Gasteiger charge is -2.02. The zero-order valence-corrected chi connectivity index (χ0v) is 6.03. The summed E-state index contributed by atoms with van der Waals surface area (Å²) >= 11 is 0. The predicted octanol–water partition coefficient (Wildman–Crippen LogP) is 0.821. The van der Waals surface area contributed by atoms with Gasteiger partial charge in [-0.2, -0.15) is 0 Å². The van der Waals surface area contributed by atoms with Crippen LogP contribution in [0.4, 0.5) is 0 Å². The first-order chi connectivity index (χ1) is 4.66. The van der Waals surface area contributed by atoms with Crippen LogP contribution in [0.15, 0.2) is 5.11 Å². The van der Waals surface area contributed by atoms with Gasteiger partial charge in [-0.25, -0.2) is 0 Å². The zero-order chi connectivity index (χ0) is 7.98. The fourth-order valence-electron chi connectivity index (χ4n) is 0.420. The Morgan fingerprint density at radius 1 is 1.90 bits per heavy atom. The maximum Gasteiger partial charge on any atom is 0.216 e. The van der Waals surface area contributed by atoms with E-state index in [0.717, 1.165) is 0 Å². The quantitative estimate of drug-likeness (QED) is 0.353. The highest BCUT2D eigenvalue weighted by molar-refractivity contribution is 5.72. The van der Waals surface area contributed by atoms with E-state index in [1.807, 2.05) is 0 Å². The third-order valence-corrected chi connectivity index (χ3v) is 0.895. The van der Waals surface area contributed by atoms with Crippen molar-refractivity contribution in [2.24, 2.45) is 5.11 Å². The van der Waals surface area contributed by atoms with Gasteiger partial charge in [0.15, 0.2) is 0 Å². The molecule has 1 atom stereocenters. The first-order valence-electron chi connectivity index (χ1n) is 2.95. The normalized spacial score (nSPS) is 11.4. The van der Waals surface area contributed by atoms with E-state index in [4.69, 9.17) is 5.53 Å². The molecule has 0 saturated carbocycles. The summed E-state index contributed by atoms with van der Waals surface area (Å²) in [5, 5.41) is 5.89. The van der Waals surface area contributed by atoms with Gasteiger partial charge in [-0.1, -0.05) is 12.0 Å². The zero-order valence-electron chi connectivity index (χ0n) is 6.03. The Morgan fingerprint density at radius 2 is 2.50 bits per heavy atom. The summed E-state index contributed by atoms with van der Waals surface area (Å²) in [6.45, 7) is 3.55. The third-order valence-electron chi connectivity index (χ3n) is 0.895. The standard InChI is InChI=1S/C5H10N4O/c1-4(8-9-6)3-7-5(2)10/h4H,3H2,1-2H3,(H,7,10). The van der Waals surface area contributed by atoms with Crippen LogP contribution in [0, 0.1) is 0 Å². The van der Waals surface area contributed by atoms with E-state index in [1.165, 1.54) is 6.92 Å². The minimum absolute atomic E-state index is 0.111. The van der Waals surface area contributed by atoms with Crippen molar-refractivity contribution in [3.63, 3.8) is 0 Å². The Bertz CT molecular complexity index is 161. The SMILES string of the molecule is CC(=O)NCC(C)N=[N+]=[N-]. The van der Waals surface area contributed by atoms with Crippen LogP contribution in [0.5, 0.6) is 0 Å². The molecule has 56 valence electrons. The van der Waals surface area contributed by atoms with E-state index >= 15 is 0 Å². The number of amides is 1. The van der Waals surface area contributed by atoms with Gasteiger partial charge in [0.2, 0.25) is 5.91 Å². The summed E-state index contributed by atoms with van der Waals surface area (Å²) in [6, 6.07) is -0.172. The Labute approximate surface area is 59.0 Å². The Kier molecular flexibility index (Phi) is 4.07. The topological polar surface area (TPSA) is 77.9 Å². The summed E-state index contributed by atoms with van der Waals surface area (Å²) < 4.78 is 0. The van der Waals surface area contributed by atoms with Crippen LogP contribution in [0.1, 0.15) is 13.8 Å². The van der Waals surface area contributed by atoms with Crippen molar-refractivity contribution in [2.75, 3.05) is 6.54 Å². The number of carbonyl (C=O) groups is 1. The molecule has 1 N–H and O–H groups in total. The predicted molar refractivity (Wildman–Crippen MR) is 37.3 cm³/mol. The second-order valence-electron chi connectivity index (χ2n) is 1.99. The maximum absolute atomic E-state index is 10.3. The number of nitrogens with zero attached hydrogens (tertiary/aromatic N) is 3. The van der Waals surface area contributed by atoms with E-state index in [9.17, 15) is 4.79 Å². The van der Waals surface area contributed by atoms with Gasteiger partial charge in [0.25, 0.3) is 0 Å². The number of rotatable bonds is 3. The second kappa shape index (κ2) is 4.64. The van der Waals surface area contributed by atoms with Gasteiger partial charge in [0.05, 0.1) is 6.04 Å². The van der Waals surface area contributed by atoms with E-state index in [1.54, 1.807) is 6.92 Å². The van der Waals surface area contributed by atoms with Crippen molar-refractivity contribution in [1.29, 1.82) is 0 Å². The van der Waals surface area contributed by atoms with Crippen LogP contribution < -0.4 is 5.32 Å². The third kappa shape index (κ3) is 4.93. The molecule has 0 heterocycles. The highest BCUT2D eigenvalue weighted by Gasteiger charge is 1.97. The van der Waals surface area contributed by atoms with Crippen LogP contribution in [-0.4, -0.2) is 18.5 Å². The molecule has 0 aromatic rings. The molecule has 0 aliphatic carbocycles. The highest BCUT2D eigenvalue weighted by Crippen LogP contribution is 1.85. The van der Waals surface area contributed by atoms with Crippen molar-refractivity contribution < 1.29 is 4.79 Å². The average molecular weight is 142 g/mol. The molecule has 5 nitrogen and oxygen atoms in total. The van der Waals surface area contributed by atoms with Crippen molar-refractivity contribution in [3.05, 3.63) is 10.4 Å². The number of carbonyl (C=O) groups excluding carboxylic acids is 1. The first-order valence-corrected chi connectivity index (χ1v) is 2.95. The molecule has 1 amide bonds. The lowest BCUT2D eigenvalue weighted by Crippen LogP contribution is -2.27. The van der Waals surface area contributed by atoms with Crippen LogP contribution in [0.3, 0.4) is 0 Å². The molecule has 0 aliphatic heterocycles. The molecule has 0 spiro atoms. The number of nitrogens with one attached hydrogen (secondary N) is 1. The van der Waals surface area contributed by atoms with Crippen molar-refractivity contribution in [2.45, 2.75) is 19.9 Å². The van der Waals surface area contributed by atoms with E-state index in [2.05, 4.69) is 15.3 Å². The molecule has 0 bridgehead atoms. The van der Waals surface area contributed by atoms with E-state index in [0.29, 0.717) is 6.54 Å². The Balaban J connectivity index is 3.48. The molecule has 0 rings (SSSR count). The Hall–Kier alpha value is -1.22. The lowest BCUT2D eigenvalue weighted by molar-refractivity contribution is -0.119. The fraction of sp³-hybridized carbons (Fsp3) is 0.800. The summed E-state index contributed by atoms with van der Waals surface area (Å²) in [4.78, 5) is 12.9. The van der Waals surface area contributed by atoms with Crippen LogP contribution in [-0.2, 0) is 4.79 Å². The minimum atomic E-state index is -0.172. The van der Waals surface area contributed by atoms with Gasteiger partial charge in [-0.15, -0.1) is 0 Å². The molecule has 10 heavy (non-hydrogen) atoms. The lowest BCUT2D eigenvalue weighted by atomic mass is 10.3. The largest absolute Gasteiger partial charge is 0.356 e. The van der Waals surface area contributed by atoms with Gasteiger partial charge in [-0.05, 0) is 5.53 Å². The first kappa shape index (κ1) is 8.78. The van der Waals surface area contributed by atoms with Crippen molar-refractivity contribution >= 4 is 5.91 Å². The minimum Gasteiger partial charge on any atom is -0.356 e. The molecule has 0 aromatic heterocycles. The summed E-state index contributed by atoms with van der Waals surface area (Å²) in [6.07, 6.45) is 0. The van der Waals surface area contributed by atoms with Gasteiger partial charge in [0, 0.05) is 18.4 Å². The number of azide groups is 1. The molecule has 1 unspecified atom stereocenters. The highest BCUT2D eigenvalue weighted by atomic mass is 16.1. The Morgan fingerprint density at radius 3 is 2.90 bits per heavy atom. The van der Waals surface area contributed by atoms with Crippen LogP contribution >= 0.6 is 0 Å². The van der Waals surface area contributed by atoms with Gasteiger partial charge >= 0.3 is 0 Å². The van der Waals surface area contributed by atoms with Crippen molar-refractivity contribution in [3.8, 4) is 0 Å². The van der Waals surface area contributed by atoms with E-state index in [-0.39, 0.29) is 11.9 Å². The molecule has 0 radical (unpaired) electrons. The fourth-order valence-corrected chi connectivity index (χ4v) is 0.420. The number of hydrogen-bond donors (Lipinski definition) is 1. The van der Waals surface area contributed by atoms with Gasteiger partial charge in [0.1, 0.15) is 0 Å². The average Bonchev–Trinajstić information content (AvgIpc) is 1.85. The monoisotopic (exact) mass is 142 g/mol. The molecule has 5 heteroatoms. The molecule has 0 saturated heterocycles. The molecule has 0 fully saturated rings. The maximum atomic E-state index is 10.3. The summed E-state index contributed by atoms with van der Waals surface area (Å²) in [5.41, 5.74) is 7.95. The summed E-state index contributed by atoms with van der Waals surface area (Å²) in [7, 11) is 0. The summed E-state index contributed by atoms with van der Waals surface area (Å²) in [5.74, 6) is -0.111.